The summed E-state index contributed by atoms with van der Waals surface area (Å²) in [5.41, 5.74) is 9.27. The Morgan fingerprint density at radius 2 is 1.85 bits per heavy atom. The molecule has 2 unspecified atom stereocenters. The van der Waals surface area contributed by atoms with Gasteiger partial charge < -0.3 is 15.6 Å². The van der Waals surface area contributed by atoms with E-state index in [1.165, 1.54) is 11.1 Å². The van der Waals surface area contributed by atoms with E-state index in [-0.39, 0.29) is 6.04 Å². The van der Waals surface area contributed by atoms with Gasteiger partial charge in [0.05, 0.1) is 12.7 Å². The van der Waals surface area contributed by atoms with Crippen molar-refractivity contribution in [2.45, 2.75) is 59.6 Å². The highest BCUT2D eigenvalue weighted by Crippen LogP contribution is 2.27. The molecule has 0 aliphatic heterocycles. The molecule has 20 heavy (non-hydrogen) atoms. The molecule has 0 spiro atoms. The third-order valence-corrected chi connectivity index (χ3v) is 3.37. The second-order valence-corrected chi connectivity index (χ2v) is 6.24. The van der Waals surface area contributed by atoms with Crippen LogP contribution in [-0.2, 0) is 6.42 Å². The quantitative estimate of drug-likeness (QED) is 0.807. The number of ether oxygens (including phenoxy) is 1. The van der Waals surface area contributed by atoms with Gasteiger partial charge in [-0.25, -0.2) is 0 Å². The number of hydrogen-bond donors (Lipinski definition) is 2. The number of aryl methyl sites for hydroxylation is 3. The molecule has 1 aromatic carbocycles. The summed E-state index contributed by atoms with van der Waals surface area (Å²) in [4.78, 5) is 0. The van der Waals surface area contributed by atoms with E-state index in [0.29, 0.717) is 18.9 Å². The fraction of sp³-hybridized carbons (Fsp3) is 0.647. The minimum Gasteiger partial charge on any atom is -0.493 e. The average Bonchev–Trinajstić information content (AvgIpc) is 2.33. The molecule has 0 radical (unpaired) electrons. The summed E-state index contributed by atoms with van der Waals surface area (Å²) in [6, 6.07) is 4.10. The first-order valence-corrected chi connectivity index (χ1v) is 7.47. The third-order valence-electron chi connectivity index (χ3n) is 3.37. The van der Waals surface area contributed by atoms with E-state index in [9.17, 15) is 5.11 Å². The standard InChI is InChI=1S/C17H29NO2/c1-11(2)10-20-17-13(4)8-12(3)9-15(17)6-7-16(19)14(5)18/h8-9,11,14,16,19H,6-7,10,18H2,1-5H3. The molecule has 114 valence electrons. The minimum atomic E-state index is -0.464. The number of benzene rings is 1. The molecule has 0 saturated heterocycles. The SMILES string of the molecule is Cc1cc(C)c(OCC(C)C)c(CCC(O)C(C)N)c1. The molecular formula is C17H29NO2. The van der Waals surface area contributed by atoms with E-state index in [1.54, 1.807) is 0 Å². The fourth-order valence-corrected chi connectivity index (χ4v) is 2.25. The molecule has 0 amide bonds. The second kappa shape index (κ2) is 7.65. The van der Waals surface area contributed by atoms with Crippen LogP contribution in [0, 0.1) is 19.8 Å². The van der Waals surface area contributed by atoms with Crippen LogP contribution in [0.4, 0.5) is 0 Å². The summed E-state index contributed by atoms with van der Waals surface area (Å²) in [5, 5.41) is 9.87. The molecule has 2 atom stereocenters. The maximum Gasteiger partial charge on any atom is 0.125 e. The predicted octanol–water partition coefficient (Wildman–Crippen LogP) is 2.98. The number of aliphatic hydroxyl groups is 1. The Morgan fingerprint density at radius 1 is 1.20 bits per heavy atom. The Hall–Kier alpha value is -1.06. The zero-order valence-corrected chi connectivity index (χ0v) is 13.4. The Labute approximate surface area is 123 Å². The lowest BCUT2D eigenvalue weighted by Gasteiger charge is -2.19. The van der Waals surface area contributed by atoms with Crippen molar-refractivity contribution < 1.29 is 9.84 Å². The fourth-order valence-electron chi connectivity index (χ4n) is 2.25. The molecule has 0 aliphatic carbocycles. The highest BCUT2D eigenvalue weighted by molar-refractivity contribution is 5.44. The van der Waals surface area contributed by atoms with Gasteiger partial charge in [0.1, 0.15) is 5.75 Å². The van der Waals surface area contributed by atoms with Crippen LogP contribution in [0.25, 0.3) is 0 Å². The molecule has 0 aromatic heterocycles. The number of hydrogen-bond acceptors (Lipinski definition) is 3. The molecule has 1 rings (SSSR count). The summed E-state index contributed by atoms with van der Waals surface area (Å²) in [6.45, 7) is 11.0. The summed E-state index contributed by atoms with van der Waals surface area (Å²) in [5.74, 6) is 1.47. The van der Waals surface area contributed by atoms with Gasteiger partial charge in [-0.1, -0.05) is 31.5 Å². The smallest absolute Gasteiger partial charge is 0.125 e. The van der Waals surface area contributed by atoms with E-state index in [0.717, 1.165) is 17.7 Å². The largest absolute Gasteiger partial charge is 0.493 e. The third kappa shape index (κ3) is 5.14. The summed E-state index contributed by atoms with van der Waals surface area (Å²) >= 11 is 0. The van der Waals surface area contributed by atoms with Crippen LogP contribution in [0.1, 0.15) is 43.9 Å². The molecule has 3 heteroatoms. The molecule has 1 aromatic rings. The van der Waals surface area contributed by atoms with Crippen LogP contribution in [0.2, 0.25) is 0 Å². The van der Waals surface area contributed by atoms with Crippen molar-refractivity contribution in [3.8, 4) is 5.75 Å². The monoisotopic (exact) mass is 279 g/mol. The van der Waals surface area contributed by atoms with Gasteiger partial charge in [0.25, 0.3) is 0 Å². The molecule has 3 N–H and O–H groups in total. The van der Waals surface area contributed by atoms with Gasteiger partial charge in [-0.2, -0.15) is 0 Å². The van der Waals surface area contributed by atoms with Crippen molar-refractivity contribution in [3.63, 3.8) is 0 Å². The maximum atomic E-state index is 9.87. The number of nitrogens with two attached hydrogens (primary N) is 1. The highest BCUT2D eigenvalue weighted by atomic mass is 16.5. The lowest BCUT2D eigenvalue weighted by atomic mass is 9.98. The first kappa shape index (κ1) is 17.0. The van der Waals surface area contributed by atoms with Crippen LogP contribution in [-0.4, -0.2) is 23.9 Å². The molecule has 0 aliphatic rings. The Morgan fingerprint density at radius 3 is 2.40 bits per heavy atom. The molecule has 0 saturated carbocycles. The normalized spacial score (nSPS) is 14.4. The van der Waals surface area contributed by atoms with Crippen LogP contribution >= 0.6 is 0 Å². The minimum absolute atomic E-state index is 0.194. The van der Waals surface area contributed by atoms with Gasteiger partial charge in [-0.3, -0.25) is 0 Å². The highest BCUT2D eigenvalue weighted by Gasteiger charge is 2.14. The molecule has 0 bridgehead atoms. The van der Waals surface area contributed by atoms with E-state index in [1.807, 2.05) is 6.92 Å². The van der Waals surface area contributed by atoms with Crippen molar-refractivity contribution in [2.75, 3.05) is 6.61 Å². The van der Waals surface area contributed by atoms with E-state index in [2.05, 4.69) is 39.8 Å². The van der Waals surface area contributed by atoms with Gasteiger partial charge >= 0.3 is 0 Å². The number of aliphatic hydroxyl groups excluding tert-OH is 1. The van der Waals surface area contributed by atoms with Crippen molar-refractivity contribution in [1.29, 1.82) is 0 Å². The van der Waals surface area contributed by atoms with Gasteiger partial charge in [-0.15, -0.1) is 0 Å². The Balaban J connectivity index is 2.86. The van der Waals surface area contributed by atoms with Crippen LogP contribution in [0.15, 0.2) is 12.1 Å². The van der Waals surface area contributed by atoms with Crippen LogP contribution in [0.3, 0.4) is 0 Å². The zero-order valence-electron chi connectivity index (χ0n) is 13.4. The summed E-state index contributed by atoms with van der Waals surface area (Å²) in [7, 11) is 0. The van der Waals surface area contributed by atoms with Crippen LogP contribution in [0.5, 0.6) is 5.75 Å². The summed E-state index contributed by atoms with van der Waals surface area (Å²) in [6.07, 6.45) is 0.992. The molecule has 3 nitrogen and oxygen atoms in total. The van der Waals surface area contributed by atoms with Crippen molar-refractivity contribution >= 4 is 0 Å². The van der Waals surface area contributed by atoms with E-state index >= 15 is 0 Å². The van der Waals surface area contributed by atoms with Gasteiger partial charge in [0, 0.05) is 6.04 Å². The molecular weight excluding hydrogens is 250 g/mol. The van der Waals surface area contributed by atoms with Crippen LogP contribution < -0.4 is 10.5 Å². The first-order chi connectivity index (χ1) is 9.31. The summed E-state index contributed by atoms with van der Waals surface area (Å²) < 4.78 is 5.96. The van der Waals surface area contributed by atoms with E-state index in [4.69, 9.17) is 10.5 Å². The van der Waals surface area contributed by atoms with Crippen molar-refractivity contribution in [1.82, 2.24) is 0 Å². The van der Waals surface area contributed by atoms with Crippen molar-refractivity contribution in [2.24, 2.45) is 11.7 Å². The zero-order chi connectivity index (χ0) is 15.3. The lowest BCUT2D eigenvalue weighted by Crippen LogP contribution is -2.31. The lowest BCUT2D eigenvalue weighted by molar-refractivity contribution is 0.141. The second-order valence-electron chi connectivity index (χ2n) is 6.24. The number of rotatable bonds is 7. The Bertz CT molecular complexity index is 427. The van der Waals surface area contributed by atoms with Gasteiger partial charge in [0.2, 0.25) is 0 Å². The van der Waals surface area contributed by atoms with Gasteiger partial charge in [0.15, 0.2) is 0 Å². The van der Waals surface area contributed by atoms with Gasteiger partial charge in [-0.05, 0) is 50.7 Å². The maximum absolute atomic E-state index is 9.87. The molecule has 0 heterocycles. The predicted molar refractivity (Wildman–Crippen MR) is 84.2 cm³/mol. The topological polar surface area (TPSA) is 55.5 Å². The Kier molecular flexibility index (Phi) is 6.50. The molecule has 0 fully saturated rings. The van der Waals surface area contributed by atoms with E-state index < -0.39 is 6.10 Å². The van der Waals surface area contributed by atoms with Crippen molar-refractivity contribution in [3.05, 3.63) is 28.8 Å². The first-order valence-electron chi connectivity index (χ1n) is 7.47. The average molecular weight is 279 g/mol.